The largest absolute Gasteiger partial charge is 0.479 e. The van der Waals surface area contributed by atoms with Gasteiger partial charge in [-0.3, -0.25) is 9.78 Å². The molecule has 1 N–H and O–H groups in total. The summed E-state index contributed by atoms with van der Waals surface area (Å²) in [5.41, 5.74) is 0.205. The van der Waals surface area contributed by atoms with Gasteiger partial charge in [-0.05, 0) is 30.3 Å². The van der Waals surface area contributed by atoms with Crippen molar-refractivity contribution < 1.29 is 13.9 Å². The summed E-state index contributed by atoms with van der Waals surface area (Å²) < 4.78 is 18.2. The highest BCUT2D eigenvalue weighted by atomic mass is 35.5. The molecule has 4 nitrogen and oxygen atoms in total. The van der Waals surface area contributed by atoms with Crippen LogP contribution in [0.5, 0.6) is 5.75 Å². The van der Waals surface area contributed by atoms with E-state index >= 15 is 0 Å². The lowest BCUT2D eigenvalue weighted by Gasteiger charge is -2.03. The quantitative estimate of drug-likeness (QED) is 0.882. The fourth-order valence-corrected chi connectivity index (χ4v) is 1.81. The number of benzene rings is 1. The lowest BCUT2D eigenvalue weighted by molar-refractivity contribution is 0.0959. The summed E-state index contributed by atoms with van der Waals surface area (Å²) in [7, 11) is 0. The van der Waals surface area contributed by atoms with Gasteiger partial charge in [0.05, 0.1) is 23.3 Å². The SMILES string of the molecule is O=C(NCC#CCOc1cccnc1)c1ccc(F)cc1Cl. The molecule has 112 valence electrons. The smallest absolute Gasteiger partial charge is 0.253 e. The van der Waals surface area contributed by atoms with Crippen LogP contribution in [0.2, 0.25) is 5.02 Å². The number of aromatic nitrogens is 1. The minimum atomic E-state index is -0.492. The van der Waals surface area contributed by atoms with Crippen molar-refractivity contribution in [2.24, 2.45) is 0 Å². The van der Waals surface area contributed by atoms with Crippen LogP contribution in [-0.4, -0.2) is 24.0 Å². The number of carbonyl (C=O) groups excluding carboxylic acids is 1. The number of pyridine rings is 1. The maximum atomic E-state index is 12.9. The number of ether oxygens (including phenoxy) is 1. The predicted molar refractivity (Wildman–Crippen MR) is 81.3 cm³/mol. The predicted octanol–water partition coefficient (Wildman–Crippen LogP) is 2.69. The van der Waals surface area contributed by atoms with Crippen molar-refractivity contribution in [1.82, 2.24) is 10.3 Å². The zero-order chi connectivity index (χ0) is 15.8. The van der Waals surface area contributed by atoms with Crippen LogP contribution in [0.4, 0.5) is 4.39 Å². The normalized spacial score (nSPS) is 9.55. The maximum absolute atomic E-state index is 12.9. The van der Waals surface area contributed by atoms with Gasteiger partial charge in [0.25, 0.3) is 5.91 Å². The van der Waals surface area contributed by atoms with Gasteiger partial charge >= 0.3 is 0 Å². The summed E-state index contributed by atoms with van der Waals surface area (Å²) in [4.78, 5) is 15.7. The lowest BCUT2D eigenvalue weighted by Crippen LogP contribution is -2.24. The minimum Gasteiger partial charge on any atom is -0.479 e. The monoisotopic (exact) mass is 318 g/mol. The number of halogens is 2. The van der Waals surface area contributed by atoms with Crippen LogP contribution in [-0.2, 0) is 0 Å². The highest BCUT2D eigenvalue weighted by Gasteiger charge is 2.09. The molecule has 0 saturated carbocycles. The second-order valence-corrected chi connectivity index (χ2v) is 4.55. The van der Waals surface area contributed by atoms with Crippen LogP contribution in [0.15, 0.2) is 42.7 Å². The molecule has 1 aromatic carbocycles. The molecule has 2 aromatic rings. The van der Waals surface area contributed by atoms with E-state index in [1.165, 1.54) is 12.1 Å². The Bertz CT molecular complexity index is 711. The molecule has 0 fully saturated rings. The number of amides is 1. The molecular weight excluding hydrogens is 307 g/mol. The second kappa shape index (κ2) is 8.01. The Morgan fingerprint density at radius 3 is 2.95 bits per heavy atom. The summed E-state index contributed by atoms with van der Waals surface area (Å²) in [6.45, 7) is 0.335. The van der Waals surface area contributed by atoms with Crippen molar-refractivity contribution in [2.45, 2.75) is 0 Å². The van der Waals surface area contributed by atoms with Crippen LogP contribution in [0.3, 0.4) is 0 Å². The summed E-state index contributed by atoms with van der Waals surface area (Å²) in [6, 6.07) is 7.12. The molecule has 0 spiro atoms. The average molecular weight is 319 g/mol. The molecule has 0 atom stereocenters. The Morgan fingerprint density at radius 1 is 1.36 bits per heavy atom. The molecule has 0 unspecified atom stereocenters. The highest BCUT2D eigenvalue weighted by molar-refractivity contribution is 6.33. The topological polar surface area (TPSA) is 51.2 Å². The molecule has 0 aliphatic carbocycles. The van der Waals surface area contributed by atoms with Crippen molar-refractivity contribution in [3.8, 4) is 17.6 Å². The molecule has 0 radical (unpaired) electrons. The number of hydrogen-bond donors (Lipinski definition) is 1. The van der Waals surface area contributed by atoms with Crippen LogP contribution < -0.4 is 10.1 Å². The van der Waals surface area contributed by atoms with Gasteiger partial charge < -0.3 is 10.1 Å². The summed E-state index contributed by atoms with van der Waals surface area (Å²) in [6.07, 6.45) is 3.23. The molecule has 0 aliphatic rings. The summed E-state index contributed by atoms with van der Waals surface area (Å²) >= 11 is 5.79. The zero-order valence-electron chi connectivity index (χ0n) is 11.5. The fraction of sp³-hybridized carbons (Fsp3) is 0.125. The third-order valence-electron chi connectivity index (χ3n) is 2.58. The van der Waals surface area contributed by atoms with Crippen molar-refractivity contribution in [2.75, 3.05) is 13.2 Å². The third-order valence-corrected chi connectivity index (χ3v) is 2.90. The Balaban J connectivity index is 1.77. The van der Waals surface area contributed by atoms with E-state index < -0.39 is 11.7 Å². The molecule has 1 amide bonds. The van der Waals surface area contributed by atoms with Gasteiger partial charge in [0, 0.05) is 6.20 Å². The fourth-order valence-electron chi connectivity index (χ4n) is 1.56. The average Bonchev–Trinajstić information content (AvgIpc) is 2.51. The highest BCUT2D eigenvalue weighted by Crippen LogP contribution is 2.16. The van der Waals surface area contributed by atoms with E-state index in [1.54, 1.807) is 24.5 Å². The standard InChI is InChI=1S/C16H12ClFN2O2/c17-15-10-12(18)5-6-14(15)16(21)20-8-1-2-9-22-13-4-3-7-19-11-13/h3-7,10-11H,8-9H2,(H,20,21). The van der Waals surface area contributed by atoms with Crippen molar-refractivity contribution in [1.29, 1.82) is 0 Å². The number of nitrogens with one attached hydrogen (secondary N) is 1. The van der Waals surface area contributed by atoms with Gasteiger partial charge in [-0.1, -0.05) is 23.4 Å². The van der Waals surface area contributed by atoms with Gasteiger partial charge in [0.2, 0.25) is 0 Å². The van der Waals surface area contributed by atoms with E-state index in [4.69, 9.17) is 16.3 Å². The van der Waals surface area contributed by atoms with E-state index in [9.17, 15) is 9.18 Å². The van der Waals surface area contributed by atoms with Gasteiger partial charge in [0.15, 0.2) is 0 Å². The van der Waals surface area contributed by atoms with Crippen molar-refractivity contribution in [3.05, 3.63) is 59.1 Å². The van der Waals surface area contributed by atoms with E-state index in [0.717, 1.165) is 6.07 Å². The third kappa shape index (κ3) is 4.76. The van der Waals surface area contributed by atoms with Gasteiger partial charge in [-0.25, -0.2) is 4.39 Å². The Kier molecular flexibility index (Phi) is 5.75. The minimum absolute atomic E-state index is 0.0605. The summed E-state index contributed by atoms with van der Waals surface area (Å²) in [5, 5.41) is 2.63. The Morgan fingerprint density at radius 2 is 2.23 bits per heavy atom. The molecular formula is C16H12ClFN2O2. The molecule has 6 heteroatoms. The van der Waals surface area contributed by atoms with Crippen molar-refractivity contribution in [3.63, 3.8) is 0 Å². The zero-order valence-corrected chi connectivity index (χ0v) is 12.2. The number of carbonyl (C=O) groups is 1. The molecule has 0 saturated heterocycles. The van der Waals surface area contributed by atoms with Crippen LogP contribution in [0.1, 0.15) is 10.4 Å². The maximum Gasteiger partial charge on any atom is 0.253 e. The van der Waals surface area contributed by atoms with Gasteiger partial charge in [-0.15, -0.1) is 0 Å². The van der Waals surface area contributed by atoms with Crippen LogP contribution >= 0.6 is 11.6 Å². The molecule has 0 aliphatic heterocycles. The Hall–Kier alpha value is -2.58. The first kappa shape index (κ1) is 15.8. The van der Waals surface area contributed by atoms with E-state index in [2.05, 4.69) is 22.1 Å². The van der Waals surface area contributed by atoms with Gasteiger partial charge in [-0.2, -0.15) is 0 Å². The van der Waals surface area contributed by atoms with Crippen LogP contribution in [0, 0.1) is 17.7 Å². The molecule has 1 aromatic heterocycles. The van der Waals surface area contributed by atoms with E-state index in [1.807, 2.05) is 0 Å². The molecule has 0 bridgehead atoms. The second-order valence-electron chi connectivity index (χ2n) is 4.14. The van der Waals surface area contributed by atoms with Crippen molar-refractivity contribution >= 4 is 17.5 Å². The van der Waals surface area contributed by atoms with E-state index in [0.29, 0.717) is 5.75 Å². The molecule has 2 rings (SSSR count). The molecule has 22 heavy (non-hydrogen) atoms. The van der Waals surface area contributed by atoms with Crippen LogP contribution in [0.25, 0.3) is 0 Å². The van der Waals surface area contributed by atoms with E-state index in [-0.39, 0.29) is 23.7 Å². The molecule has 1 heterocycles. The number of nitrogens with zero attached hydrogens (tertiary/aromatic N) is 1. The summed E-state index contributed by atoms with van der Waals surface area (Å²) in [5.74, 6) is 5.22. The first-order chi connectivity index (χ1) is 10.7. The number of hydrogen-bond acceptors (Lipinski definition) is 3. The van der Waals surface area contributed by atoms with Gasteiger partial charge in [0.1, 0.15) is 18.2 Å². The first-order valence-electron chi connectivity index (χ1n) is 6.38. The Labute approximate surface area is 132 Å². The lowest BCUT2D eigenvalue weighted by atomic mass is 10.2. The number of rotatable bonds is 4. The first-order valence-corrected chi connectivity index (χ1v) is 6.76.